The molecule has 0 radical (unpaired) electrons. The maximum Gasteiger partial charge on any atom is 0.303 e. The van der Waals surface area contributed by atoms with Crippen molar-refractivity contribution in [3.8, 4) is 0 Å². The zero-order valence-corrected chi connectivity index (χ0v) is 7.94. The fourth-order valence-corrected chi connectivity index (χ4v) is 0.525. The van der Waals surface area contributed by atoms with Gasteiger partial charge in [0.1, 0.15) is 0 Å². The largest absolute Gasteiger partial charge is 0.481 e. The molecular formula is C7H16ClNO2. The van der Waals surface area contributed by atoms with E-state index in [9.17, 15) is 4.79 Å². The third-order valence-corrected chi connectivity index (χ3v) is 1.75. The van der Waals surface area contributed by atoms with E-state index in [2.05, 4.69) is 0 Å². The average Bonchev–Trinajstić information content (AvgIpc) is 1.60. The highest BCUT2D eigenvalue weighted by Crippen LogP contribution is 2.15. The Bertz CT molecular complexity index is 131. The normalized spacial score (nSPS) is 13.5. The molecule has 0 aliphatic heterocycles. The Hall–Kier alpha value is -0.280. The van der Waals surface area contributed by atoms with Crippen LogP contribution in [0.4, 0.5) is 0 Å². The predicted molar refractivity (Wildman–Crippen MR) is 46.9 cm³/mol. The van der Waals surface area contributed by atoms with Crippen molar-refractivity contribution in [3.63, 3.8) is 0 Å². The summed E-state index contributed by atoms with van der Waals surface area (Å²) in [6, 6.07) is 0. The van der Waals surface area contributed by atoms with Gasteiger partial charge in [-0.25, -0.2) is 0 Å². The van der Waals surface area contributed by atoms with E-state index in [1.807, 2.05) is 20.8 Å². The molecule has 0 aliphatic carbocycles. The number of nitrogens with two attached hydrogens (primary N) is 1. The van der Waals surface area contributed by atoms with Crippen LogP contribution in [0.3, 0.4) is 0 Å². The first-order valence-corrected chi connectivity index (χ1v) is 3.34. The molecule has 0 aromatic heterocycles. The van der Waals surface area contributed by atoms with Gasteiger partial charge in [-0.05, 0) is 19.8 Å². The summed E-state index contributed by atoms with van der Waals surface area (Å²) in [7, 11) is 0. The van der Waals surface area contributed by atoms with E-state index >= 15 is 0 Å². The second kappa shape index (κ2) is 4.57. The van der Waals surface area contributed by atoms with Gasteiger partial charge in [-0.2, -0.15) is 0 Å². The molecule has 0 spiro atoms. The minimum Gasteiger partial charge on any atom is -0.481 e. The zero-order chi connectivity index (χ0) is 8.36. The molecule has 1 unspecified atom stereocenters. The van der Waals surface area contributed by atoms with Gasteiger partial charge in [-0.3, -0.25) is 4.79 Å². The van der Waals surface area contributed by atoms with Crippen LogP contribution in [-0.4, -0.2) is 16.6 Å². The van der Waals surface area contributed by atoms with Gasteiger partial charge < -0.3 is 10.8 Å². The van der Waals surface area contributed by atoms with Crippen molar-refractivity contribution in [2.45, 2.75) is 32.7 Å². The number of carboxylic acids is 1. The molecule has 68 valence electrons. The maximum atomic E-state index is 10.2. The Morgan fingerprint density at radius 3 is 2.09 bits per heavy atom. The molecule has 0 aromatic carbocycles. The molecule has 1 atom stereocenters. The molecule has 0 aromatic rings. The third kappa shape index (κ3) is 6.13. The summed E-state index contributed by atoms with van der Waals surface area (Å²) in [5, 5.41) is 8.39. The van der Waals surface area contributed by atoms with Gasteiger partial charge in [-0.15, -0.1) is 12.4 Å². The highest BCUT2D eigenvalue weighted by atomic mass is 35.5. The van der Waals surface area contributed by atoms with Crippen LogP contribution in [0.2, 0.25) is 0 Å². The van der Waals surface area contributed by atoms with E-state index in [-0.39, 0.29) is 24.7 Å². The van der Waals surface area contributed by atoms with Gasteiger partial charge in [-0.1, -0.05) is 6.92 Å². The van der Waals surface area contributed by atoms with E-state index in [4.69, 9.17) is 10.8 Å². The topological polar surface area (TPSA) is 63.3 Å². The molecule has 0 amide bonds. The lowest BCUT2D eigenvalue weighted by molar-refractivity contribution is -0.138. The summed E-state index contributed by atoms with van der Waals surface area (Å²) in [5.74, 6) is -0.768. The molecule has 3 nitrogen and oxygen atoms in total. The van der Waals surface area contributed by atoms with Crippen molar-refractivity contribution in [2.75, 3.05) is 0 Å². The van der Waals surface area contributed by atoms with Crippen LogP contribution in [0.5, 0.6) is 0 Å². The van der Waals surface area contributed by atoms with E-state index in [0.717, 1.165) is 0 Å². The monoisotopic (exact) mass is 181 g/mol. The number of carbonyl (C=O) groups is 1. The second-order valence-electron chi connectivity index (χ2n) is 3.32. The van der Waals surface area contributed by atoms with Gasteiger partial charge in [0, 0.05) is 12.0 Å². The quantitative estimate of drug-likeness (QED) is 0.689. The summed E-state index contributed by atoms with van der Waals surface area (Å²) in [6.45, 7) is 5.51. The minimum atomic E-state index is -0.786. The molecule has 0 fully saturated rings. The first-order chi connectivity index (χ1) is 4.34. The molecule has 3 N–H and O–H groups in total. The first-order valence-electron chi connectivity index (χ1n) is 3.34. The summed E-state index contributed by atoms with van der Waals surface area (Å²) >= 11 is 0. The molecule has 0 bridgehead atoms. The van der Waals surface area contributed by atoms with E-state index in [1.165, 1.54) is 0 Å². The maximum absolute atomic E-state index is 10.2. The molecule has 0 rings (SSSR count). The predicted octanol–water partition coefficient (Wildman–Crippen LogP) is 1.26. The first kappa shape index (κ1) is 13.3. The van der Waals surface area contributed by atoms with Crippen LogP contribution >= 0.6 is 12.4 Å². The lowest BCUT2D eigenvalue weighted by Crippen LogP contribution is -2.40. The van der Waals surface area contributed by atoms with Crippen LogP contribution in [0.1, 0.15) is 27.2 Å². The second-order valence-corrected chi connectivity index (χ2v) is 3.32. The molecule has 0 heterocycles. The van der Waals surface area contributed by atoms with Crippen molar-refractivity contribution in [1.82, 2.24) is 0 Å². The number of hydrogen-bond acceptors (Lipinski definition) is 2. The summed E-state index contributed by atoms with van der Waals surface area (Å²) in [6.07, 6.45) is 0.142. The molecule has 0 saturated carbocycles. The standard InChI is InChI=1S/C7H15NO2.ClH/c1-5(4-6(9)10)7(2,3)8;/h5H,4,8H2,1-3H3,(H,9,10);1H. The number of halogens is 1. The van der Waals surface area contributed by atoms with E-state index in [1.54, 1.807) is 0 Å². The highest BCUT2D eigenvalue weighted by Gasteiger charge is 2.22. The van der Waals surface area contributed by atoms with Gasteiger partial charge in [0.15, 0.2) is 0 Å². The van der Waals surface area contributed by atoms with Crippen molar-refractivity contribution < 1.29 is 9.90 Å². The zero-order valence-electron chi connectivity index (χ0n) is 7.13. The van der Waals surface area contributed by atoms with Gasteiger partial charge in [0.25, 0.3) is 0 Å². The molecule has 4 heteroatoms. The summed E-state index contributed by atoms with van der Waals surface area (Å²) in [4.78, 5) is 10.2. The Morgan fingerprint density at radius 2 is 2.00 bits per heavy atom. The Kier molecular flexibility index (Phi) is 5.53. The Balaban J connectivity index is 0. The number of hydrogen-bond donors (Lipinski definition) is 2. The molecule has 0 aliphatic rings. The number of rotatable bonds is 3. The third-order valence-electron chi connectivity index (χ3n) is 1.75. The smallest absolute Gasteiger partial charge is 0.303 e. The Morgan fingerprint density at radius 1 is 1.64 bits per heavy atom. The van der Waals surface area contributed by atoms with Crippen molar-refractivity contribution in [3.05, 3.63) is 0 Å². The minimum absolute atomic E-state index is 0. The fourth-order valence-electron chi connectivity index (χ4n) is 0.525. The van der Waals surface area contributed by atoms with Gasteiger partial charge in [0.05, 0.1) is 0 Å². The van der Waals surface area contributed by atoms with Crippen LogP contribution in [-0.2, 0) is 4.79 Å². The Labute approximate surface area is 73.4 Å². The average molecular weight is 182 g/mol. The van der Waals surface area contributed by atoms with Crippen molar-refractivity contribution >= 4 is 18.4 Å². The summed E-state index contributed by atoms with van der Waals surface area (Å²) in [5.41, 5.74) is 5.27. The van der Waals surface area contributed by atoms with Gasteiger partial charge >= 0.3 is 5.97 Å². The lowest BCUT2D eigenvalue weighted by Gasteiger charge is -2.25. The fraction of sp³-hybridized carbons (Fsp3) is 0.857. The highest BCUT2D eigenvalue weighted by molar-refractivity contribution is 5.85. The number of aliphatic carboxylic acids is 1. The molecular weight excluding hydrogens is 166 g/mol. The van der Waals surface area contributed by atoms with Gasteiger partial charge in [0.2, 0.25) is 0 Å². The van der Waals surface area contributed by atoms with E-state index in [0.29, 0.717) is 0 Å². The van der Waals surface area contributed by atoms with Crippen LogP contribution in [0, 0.1) is 5.92 Å². The van der Waals surface area contributed by atoms with Crippen LogP contribution in [0.15, 0.2) is 0 Å². The van der Waals surface area contributed by atoms with Crippen LogP contribution < -0.4 is 5.73 Å². The molecule has 0 saturated heterocycles. The number of carboxylic acid groups (broad SMARTS) is 1. The van der Waals surface area contributed by atoms with Crippen molar-refractivity contribution in [2.24, 2.45) is 11.7 Å². The van der Waals surface area contributed by atoms with Crippen molar-refractivity contribution in [1.29, 1.82) is 0 Å². The lowest BCUT2D eigenvalue weighted by atomic mass is 9.88. The molecule has 11 heavy (non-hydrogen) atoms. The summed E-state index contributed by atoms with van der Waals surface area (Å²) < 4.78 is 0. The van der Waals surface area contributed by atoms with E-state index < -0.39 is 11.5 Å². The van der Waals surface area contributed by atoms with Crippen LogP contribution in [0.25, 0.3) is 0 Å². The SMILES string of the molecule is CC(CC(=O)O)C(C)(C)N.Cl.